The van der Waals surface area contributed by atoms with Crippen molar-refractivity contribution in [3.63, 3.8) is 0 Å². The van der Waals surface area contributed by atoms with Crippen molar-refractivity contribution in [3.05, 3.63) is 57.6 Å². The van der Waals surface area contributed by atoms with Crippen LogP contribution in [0.15, 0.2) is 40.9 Å². The van der Waals surface area contributed by atoms with Crippen molar-refractivity contribution in [2.45, 2.75) is 39.7 Å². The first-order chi connectivity index (χ1) is 9.81. The van der Waals surface area contributed by atoms with Gasteiger partial charge in [0.2, 0.25) is 0 Å². The molecule has 0 bridgehead atoms. The Morgan fingerprint density at radius 1 is 1.10 bits per heavy atom. The average Bonchev–Trinajstić information content (AvgIpc) is 2.37. The first kappa shape index (κ1) is 16.1. The molecule has 0 amide bonds. The molecule has 3 heteroatoms. The summed E-state index contributed by atoms with van der Waals surface area (Å²) in [5.74, 6) is 1.73. The van der Waals surface area contributed by atoms with Crippen LogP contribution in [0.25, 0.3) is 0 Å². The molecular weight excluding hydrogens is 326 g/mol. The molecular formula is C18H22BrNO. The smallest absolute Gasteiger partial charge is 0.131 e. The summed E-state index contributed by atoms with van der Waals surface area (Å²) in [6, 6.07) is 12.3. The van der Waals surface area contributed by atoms with E-state index in [0.717, 1.165) is 21.5 Å². The second kappa shape index (κ2) is 6.20. The van der Waals surface area contributed by atoms with Crippen LogP contribution in [0, 0.1) is 6.92 Å². The molecule has 0 aromatic heterocycles. The Morgan fingerprint density at radius 2 is 1.81 bits per heavy atom. The average molecular weight is 348 g/mol. The third-order valence-corrected chi connectivity index (χ3v) is 4.16. The third-order valence-electron chi connectivity index (χ3n) is 3.42. The lowest BCUT2D eigenvalue weighted by atomic mass is 9.86. The predicted octanol–water partition coefficient (Wildman–Crippen LogP) is 5.31. The molecule has 0 unspecified atom stereocenters. The lowest BCUT2D eigenvalue weighted by molar-refractivity contribution is 0.454. The van der Waals surface area contributed by atoms with Crippen molar-refractivity contribution < 1.29 is 4.74 Å². The second-order valence-electron chi connectivity index (χ2n) is 6.31. The predicted molar refractivity (Wildman–Crippen MR) is 92.0 cm³/mol. The summed E-state index contributed by atoms with van der Waals surface area (Å²) in [4.78, 5) is 0. The number of halogens is 1. The second-order valence-corrected chi connectivity index (χ2v) is 7.16. The van der Waals surface area contributed by atoms with E-state index in [0.29, 0.717) is 6.54 Å². The quantitative estimate of drug-likeness (QED) is 0.816. The lowest BCUT2D eigenvalue weighted by Crippen LogP contribution is -2.12. The van der Waals surface area contributed by atoms with Crippen LogP contribution in [-0.4, -0.2) is 0 Å². The normalized spacial score (nSPS) is 11.5. The van der Waals surface area contributed by atoms with E-state index in [1.54, 1.807) is 0 Å². The highest BCUT2D eigenvalue weighted by Gasteiger charge is 2.19. The maximum absolute atomic E-state index is 6.13. The van der Waals surface area contributed by atoms with E-state index in [-0.39, 0.29) is 5.41 Å². The topological polar surface area (TPSA) is 35.2 Å². The van der Waals surface area contributed by atoms with Crippen molar-refractivity contribution >= 4 is 15.9 Å². The van der Waals surface area contributed by atoms with Crippen molar-refractivity contribution in [2.75, 3.05) is 0 Å². The number of hydrogen-bond donors (Lipinski definition) is 1. The molecule has 0 saturated heterocycles. The van der Waals surface area contributed by atoms with Gasteiger partial charge in [0.25, 0.3) is 0 Å². The van der Waals surface area contributed by atoms with Crippen LogP contribution in [0.3, 0.4) is 0 Å². The molecule has 112 valence electrons. The molecule has 0 heterocycles. The highest BCUT2D eigenvalue weighted by atomic mass is 79.9. The minimum Gasteiger partial charge on any atom is -0.457 e. The molecule has 0 aliphatic heterocycles. The molecule has 0 radical (unpaired) electrons. The summed E-state index contributed by atoms with van der Waals surface area (Å²) in [6.07, 6.45) is 0. The minimum atomic E-state index is 0.0392. The largest absolute Gasteiger partial charge is 0.457 e. The van der Waals surface area contributed by atoms with Gasteiger partial charge in [-0.1, -0.05) is 54.9 Å². The van der Waals surface area contributed by atoms with E-state index in [2.05, 4.69) is 61.8 Å². The van der Waals surface area contributed by atoms with Crippen LogP contribution in [0.2, 0.25) is 0 Å². The number of rotatable bonds is 3. The molecule has 2 nitrogen and oxygen atoms in total. The molecule has 2 aromatic rings. The highest BCUT2D eigenvalue weighted by molar-refractivity contribution is 9.10. The summed E-state index contributed by atoms with van der Waals surface area (Å²) in [7, 11) is 0. The summed E-state index contributed by atoms with van der Waals surface area (Å²) in [5.41, 5.74) is 9.19. The Morgan fingerprint density at radius 3 is 2.38 bits per heavy atom. The fraction of sp³-hybridized carbons (Fsp3) is 0.333. The molecule has 0 aliphatic carbocycles. The maximum atomic E-state index is 6.13. The summed E-state index contributed by atoms with van der Waals surface area (Å²) < 4.78 is 7.11. The molecule has 0 spiro atoms. The Hall–Kier alpha value is -1.32. The first-order valence-corrected chi connectivity index (χ1v) is 7.88. The lowest BCUT2D eigenvalue weighted by Gasteiger charge is -2.23. The highest BCUT2D eigenvalue weighted by Crippen LogP contribution is 2.35. The van der Waals surface area contributed by atoms with E-state index >= 15 is 0 Å². The van der Waals surface area contributed by atoms with Crippen molar-refractivity contribution in [1.82, 2.24) is 0 Å². The van der Waals surface area contributed by atoms with Crippen LogP contribution in [0.1, 0.15) is 37.5 Å². The van der Waals surface area contributed by atoms with Crippen molar-refractivity contribution in [3.8, 4) is 11.5 Å². The summed E-state index contributed by atoms with van der Waals surface area (Å²) in [6.45, 7) is 9.17. The molecule has 0 fully saturated rings. The van der Waals surface area contributed by atoms with Crippen LogP contribution in [0.5, 0.6) is 11.5 Å². The third kappa shape index (κ3) is 3.86. The van der Waals surface area contributed by atoms with Crippen LogP contribution < -0.4 is 10.5 Å². The van der Waals surface area contributed by atoms with Crippen molar-refractivity contribution in [2.24, 2.45) is 5.73 Å². The molecule has 0 saturated carbocycles. The van der Waals surface area contributed by atoms with Gasteiger partial charge in [-0.15, -0.1) is 0 Å². The van der Waals surface area contributed by atoms with Gasteiger partial charge < -0.3 is 10.5 Å². The van der Waals surface area contributed by atoms with Gasteiger partial charge in [-0.05, 0) is 41.7 Å². The van der Waals surface area contributed by atoms with Gasteiger partial charge in [0, 0.05) is 16.6 Å². The Labute approximate surface area is 135 Å². The number of nitrogens with two attached hydrogens (primary N) is 1. The fourth-order valence-electron chi connectivity index (χ4n) is 2.22. The molecule has 2 rings (SSSR count). The number of aryl methyl sites for hydroxylation is 1. The monoisotopic (exact) mass is 347 g/mol. The Balaban J connectivity index is 2.39. The van der Waals surface area contributed by atoms with Crippen molar-refractivity contribution in [1.29, 1.82) is 0 Å². The van der Waals surface area contributed by atoms with Gasteiger partial charge in [0.05, 0.1) is 0 Å². The standard InChI is InChI=1S/C18H22BrNO/c1-12-5-8-15(18(2,3)4)17(9-12)21-14-7-6-13(11-20)16(19)10-14/h5-10H,11,20H2,1-4H3. The molecule has 0 atom stereocenters. The van der Waals surface area contributed by atoms with Gasteiger partial charge in [0.15, 0.2) is 0 Å². The zero-order valence-corrected chi connectivity index (χ0v) is 14.6. The zero-order chi connectivity index (χ0) is 15.6. The van der Waals surface area contributed by atoms with Gasteiger partial charge >= 0.3 is 0 Å². The van der Waals surface area contributed by atoms with Gasteiger partial charge in [-0.3, -0.25) is 0 Å². The maximum Gasteiger partial charge on any atom is 0.131 e. The fourth-order valence-corrected chi connectivity index (χ4v) is 2.74. The van der Waals surface area contributed by atoms with Crippen LogP contribution in [0.4, 0.5) is 0 Å². The molecule has 2 aromatic carbocycles. The molecule has 21 heavy (non-hydrogen) atoms. The summed E-state index contributed by atoms with van der Waals surface area (Å²) >= 11 is 3.53. The number of benzene rings is 2. The first-order valence-electron chi connectivity index (χ1n) is 7.09. The van der Waals surface area contributed by atoms with E-state index in [4.69, 9.17) is 10.5 Å². The van der Waals surface area contributed by atoms with Crippen LogP contribution in [-0.2, 0) is 12.0 Å². The SMILES string of the molecule is Cc1ccc(C(C)(C)C)c(Oc2ccc(CN)c(Br)c2)c1. The molecule has 2 N–H and O–H groups in total. The van der Waals surface area contributed by atoms with E-state index in [1.807, 2.05) is 18.2 Å². The number of ether oxygens (including phenoxy) is 1. The molecule has 0 aliphatic rings. The number of hydrogen-bond acceptors (Lipinski definition) is 2. The van der Waals surface area contributed by atoms with Gasteiger partial charge in [-0.25, -0.2) is 0 Å². The van der Waals surface area contributed by atoms with E-state index < -0.39 is 0 Å². The van der Waals surface area contributed by atoms with Crippen LogP contribution >= 0.6 is 15.9 Å². The Bertz CT molecular complexity index is 644. The Kier molecular flexibility index (Phi) is 4.74. The van der Waals surface area contributed by atoms with E-state index in [9.17, 15) is 0 Å². The zero-order valence-electron chi connectivity index (χ0n) is 13.0. The van der Waals surface area contributed by atoms with Gasteiger partial charge in [-0.2, -0.15) is 0 Å². The van der Waals surface area contributed by atoms with Gasteiger partial charge in [0.1, 0.15) is 11.5 Å². The summed E-state index contributed by atoms with van der Waals surface area (Å²) in [5, 5.41) is 0. The minimum absolute atomic E-state index is 0.0392. The van der Waals surface area contributed by atoms with E-state index in [1.165, 1.54) is 11.1 Å².